The number of benzene rings is 2. The summed E-state index contributed by atoms with van der Waals surface area (Å²) in [4.78, 5) is 29.2. The van der Waals surface area contributed by atoms with Crippen molar-refractivity contribution in [2.24, 2.45) is 0 Å². The second-order valence-electron chi connectivity index (χ2n) is 7.44. The minimum absolute atomic E-state index is 0.113. The standard InChI is InChI=1S/C23H26Cl2N2O4/c1-16(30-20-8-3-6-18(24)14-20)22(28)26-10-5-11-27(13-12-26)23(29)17(2)31-21-9-4-7-19(25)15-21/h3-4,6-9,14-17H,5,10-13H2,1-2H3/t16-,17+. The summed E-state index contributed by atoms with van der Waals surface area (Å²) in [7, 11) is 0. The zero-order valence-corrected chi connectivity index (χ0v) is 19.1. The monoisotopic (exact) mass is 464 g/mol. The number of ether oxygens (including phenoxy) is 2. The van der Waals surface area contributed by atoms with Gasteiger partial charge in [-0.25, -0.2) is 0 Å². The van der Waals surface area contributed by atoms with Crippen molar-refractivity contribution in [3.05, 3.63) is 58.6 Å². The molecule has 0 aromatic heterocycles. The molecule has 0 bridgehead atoms. The number of halogens is 2. The van der Waals surface area contributed by atoms with Crippen LogP contribution in [0, 0.1) is 0 Å². The van der Waals surface area contributed by atoms with Gasteiger partial charge in [-0.2, -0.15) is 0 Å². The summed E-state index contributed by atoms with van der Waals surface area (Å²) in [5, 5.41) is 1.10. The lowest BCUT2D eigenvalue weighted by molar-refractivity contribution is -0.140. The summed E-state index contributed by atoms with van der Waals surface area (Å²) < 4.78 is 11.5. The van der Waals surface area contributed by atoms with E-state index in [1.165, 1.54) is 0 Å². The SMILES string of the molecule is C[C@H](Oc1cccc(Cl)c1)C(=O)N1CCCN(C(=O)[C@@H](C)Oc2cccc(Cl)c2)CC1. The van der Waals surface area contributed by atoms with Crippen LogP contribution in [0.1, 0.15) is 20.3 Å². The number of carbonyl (C=O) groups is 2. The molecule has 31 heavy (non-hydrogen) atoms. The van der Waals surface area contributed by atoms with E-state index in [2.05, 4.69) is 0 Å². The number of nitrogens with zero attached hydrogens (tertiary/aromatic N) is 2. The van der Waals surface area contributed by atoms with Crippen molar-refractivity contribution in [1.29, 1.82) is 0 Å². The van der Waals surface area contributed by atoms with Gasteiger partial charge in [-0.1, -0.05) is 35.3 Å². The second-order valence-corrected chi connectivity index (χ2v) is 8.31. The van der Waals surface area contributed by atoms with Gasteiger partial charge in [0.2, 0.25) is 0 Å². The first-order valence-electron chi connectivity index (χ1n) is 10.3. The molecule has 0 radical (unpaired) electrons. The van der Waals surface area contributed by atoms with Crippen LogP contribution >= 0.6 is 23.2 Å². The maximum absolute atomic E-state index is 12.9. The normalized spacial score (nSPS) is 16.3. The van der Waals surface area contributed by atoms with Crippen LogP contribution in [0.4, 0.5) is 0 Å². The van der Waals surface area contributed by atoms with E-state index in [-0.39, 0.29) is 11.8 Å². The van der Waals surface area contributed by atoms with Gasteiger partial charge in [-0.05, 0) is 56.7 Å². The van der Waals surface area contributed by atoms with Crippen molar-refractivity contribution in [1.82, 2.24) is 9.80 Å². The number of amides is 2. The molecule has 166 valence electrons. The molecule has 0 aliphatic carbocycles. The lowest BCUT2D eigenvalue weighted by atomic mass is 10.3. The van der Waals surface area contributed by atoms with Crippen LogP contribution in [0.25, 0.3) is 0 Å². The van der Waals surface area contributed by atoms with E-state index in [4.69, 9.17) is 32.7 Å². The van der Waals surface area contributed by atoms with Crippen molar-refractivity contribution < 1.29 is 19.1 Å². The average Bonchev–Trinajstić information content (AvgIpc) is 2.99. The third-order valence-corrected chi connectivity index (χ3v) is 5.50. The van der Waals surface area contributed by atoms with Crippen molar-refractivity contribution in [2.75, 3.05) is 26.2 Å². The molecule has 8 heteroatoms. The molecule has 2 atom stereocenters. The fourth-order valence-corrected chi connectivity index (χ4v) is 3.82. The molecule has 1 aliphatic heterocycles. The summed E-state index contributed by atoms with van der Waals surface area (Å²) >= 11 is 12.0. The summed E-state index contributed by atoms with van der Waals surface area (Å²) in [6.07, 6.45) is -0.609. The predicted octanol–water partition coefficient (Wildman–Crippen LogP) is 4.29. The molecule has 1 fully saturated rings. The largest absolute Gasteiger partial charge is 0.481 e. The Morgan fingerprint density at radius 1 is 0.774 bits per heavy atom. The topological polar surface area (TPSA) is 59.1 Å². The first kappa shape index (κ1) is 23.2. The van der Waals surface area contributed by atoms with Crippen LogP contribution in [-0.2, 0) is 9.59 Å². The maximum Gasteiger partial charge on any atom is 0.263 e. The van der Waals surface area contributed by atoms with Crippen LogP contribution in [0.3, 0.4) is 0 Å². The Morgan fingerprint density at radius 2 is 1.19 bits per heavy atom. The maximum atomic E-state index is 12.9. The van der Waals surface area contributed by atoms with Crippen LogP contribution in [0.2, 0.25) is 10.0 Å². The van der Waals surface area contributed by atoms with Gasteiger partial charge in [0.05, 0.1) is 0 Å². The summed E-state index contributed by atoms with van der Waals surface area (Å²) in [5.41, 5.74) is 0. The molecule has 0 N–H and O–H groups in total. The predicted molar refractivity (Wildman–Crippen MR) is 121 cm³/mol. The van der Waals surface area contributed by atoms with E-state index in [9.17, 15) is 9.59 Å². The molecule has 2 aromatic carbocycles. The molecule has 2 amide bonds. The fraction of sp³-hybridized carbons (Fsp3) is 0.391. The van der Waals surface area contributed by atoms with Crippen LogP contribution < -0.4 is 9.47 Å². The number of hydrogen-bond acceptors (Lipinski definition) is 4. The minimum atomic E-state index is -0.647. The molecule has 2 aromatic rings. The molecule has 6 nitrogen and oxygen atoms in total. The lowest BCUT2D eigenvalue weighted by Crippen LogP contribution is -2.45. The highest BCUT2D eigenvalue weighted by Crippen LogP contribution is 2.20. The zero-order chi connectivity index (χ0) is 22.4. The highest BCUT2D eigenvalue weighted by molar-refractivity contribution is 6.31. The molecule has 0 saturated carbocycles. The summed E-state index contributed by atoms with van der Waals surface area (Å²) in [6, 6.07) is 13.9. The number of rotatable bonds is 6. The Hall–Kier alpha value is -2.44. The Balaban J connectivity index is 1.54. The van der Waals surface area contributed by atoms with Gasteiger partial charge in [0.25, 0.3) is 11.8 Å². The van der Waals surface area contributed by atoms with E-state index < -0.39 is 12.2 Å². The van der Waals surface area contributed by atoms with Crippen LogP contribution in [0.15, 0.2) is 48.5 Å². The van der Waals surface area contributed by atoms with Crippen molar-refractivity contribution in [2.45, 2.75) is 32.5 Å². The Labute approximate surface area is 192 Å². The average molecular weight is 465 g/mol. The van der Waals surface area contributed by atoms with E-state index in [0.717, 1.165) is 0 Å². The second kappa shape index (κ2) is 10.7. The van der Waals surface area contributed by atoms with Crippen molar-refractivity contribution in [3.63, 3.8) is 0 Å². The van der Waals surface area contributed by atoms with Gasteiger partial charge in [0.15, 0.2) is 12.2 Å². The van der Waals surface area contributed by atoms with Crippen LogP contribution in [-0.4, -0.2) is 60.0 Å². The fourth-order valence-electron chi connectivity index (χ4n) is 3.46. The minimum Gasteiger partial charge on any atom is -0.481 e. The van der Waals surface area contributed by atoms with E-state index in [1.54, 1.807) is 72.2 Å². The summed E-state index contributed by atoms with van der Waals surface area (Å²) in [6.45, 7) is 5.45. The Morgan fingerprint density at radius 3 is 1.58 bits per heavy atom. The van der Waals surface area contributed by atoms with Crippen molar-refractivity contribution in [3.8, 4) is 11.5 Å². The highest BCUT2D eigenvalue weighted by atomic mass is 35.5. The van der Waals surface area contributed by atoms with Gasteiger partial charge in [0, 0.05) is 36.2 Å². The smallest absolute Gasteiger partial charge is 0.263 e. The van der Waals surface area contributed by atoms with Gasteiger partial charge in [-0.3, -0.25) is 9.59 Å². The molecule has 0 unspecified atom stereocenters. The van der Waals surface area contributed by atoms with Gasteiger partial charge in [-0.15, -0.1) is 0 Å². The van der Waals surface area contributed by atoms with E-state index >= 15 is 0 Å². The molecule has 1 saturated heterocycles. The Bertz CT molecular complexity index is 850. The quantitative estimate of drug-likeness (QED) is 0.639. The van der Waals surface area contributed by atoms with E-state index in [0.29, 0.717) is 54.1 Å². The molecule has 1 aliphatic rings. The van der Waals surface area contributed by atoms with Gasteiger partial charge >= 0.3 is 0 Å². The summed E-state index contributed by atoms with van der Waals surface area (Å²) in [5.74, 6) is 0.869. The van der Waals surface area contributed by atoms with E-state index in [1.807, 2.05) is 0 Å². The number of carbonyl (C=O) groups excluding carboxylic acids is 2. The first-order chi connectivity index (χ1) is 14.8. The lowest BCUT2D eigenvalue weighted by Gasteiger charge is -2.26. The first-order valence-corrected chi connectivity index (χ1v) is 11.0. The third kappa shape index (κ3) is 6.52. The molecular weight excluding hydrogens is 439 g/mol. The van der Waals surface area contributed by atoms with Crippen LogP contribution in [0.5, 0.6) is 11.5 Å². The highest BCUT2D eigenvalue weighted by Gasteiger charge is 2.28. The van der Waals surface area contributed by atoms with Crippen molar-refractivity contribution >= 4 is 35.0 Å². The number of hydrogen-bond donors (Lipinski definition) is 0. The molecule has 1 heterocycles. The molecule has 3 rings (SSSR count). The van der Waals surface area contributed by atoms with Gasteiger partial charge < -0.3 is 19.3 Å². The molecular formula is C23H26Cl2N2O4. The molecule has 0 spiro atoms. The Kier molecular flexibility index (Phi) is 8.04. The van der Waals surface area contributed by atoms with Gasteiger partial charge in [0.1, 0.15) is 11.5 Å². The zero-order valence-electron chi connectivity index (χ0n) is 17.6. The third-order valence-electron chi connectivity index (χ3n) is 5.03.